The highest BCUT2D eigenvalue weighted by molar-refractivity contribution is 7.91. The van der Waals surface area contributed by atoms with Gasteiger partial charge in [0, 0.05) is 24.8 Å². The predicted molar refractivity (Wildman–Crippen MR) is 98.6 cm³/mol. The maximum absolute atomic E-state index is 13.3. The van der Waals surface area contributed by atoms with Crippen LogP contribution in [0.5, 0.6) is 0 Å². The molecule has 2 fully saturated rings. The third kappa shape index (κ3) is 2.73. The van der Waals surface area contributed by atoms with Gasteiger partial charge in [0.25, 0.3) is 0 Å². The normalized spacial score (nSPS) is 25.0. The van der Waals surface area contributed by atoms with E-state index in [0.717, 1.165) is 17.7 Å². The Kier molecular flexibility index (Phi) is 4.10. The van der Waals surface area contributed by atoms with E-state index in [1.807, 2.05) is 31.2 Å². The van der Waals surface area contributed by atoms with Gasteiger partial charge in [0.05, 0.1) is 11.5 Å². The third-order valence-electron chi connectivity index (χ3n) is 5.95. The number of carbonyl (C=O) groups is 2. The van der Waals surface area contributed by atoms with Crippen LogP contribution < -0.4 is 4.90 Å². The van der Waals surface area contributed by atoms with Gasteiger partial charge in [-0.25, -0.2) is 8.42 Å². The lowest BCUT2D eigenvalue weighted by Crippen LogP contribution is -2.50. The molecule has 1 aromatic carbocycles. The molecule has 1 atom stereocenters. The van der Waals surface area contributed by atoms with Crippen molar-refractivity contribution in [2.45, 2.75) is 38.6 Å². The summed E-state index contributed by atoms with van der Waals surface area (Å²) in [4.78, 5) is 29.9. The summed E-state index contributed by atoms with van der Waals surface area (Å²) in [6, 6.07) is 7.53. The molecule has 3 aliphatic rings. The van der Waals surface area contributed by atoms with Crippen molar-refractivity contribution in [3.8, 4) is 0 Å². The molecular weight excluding hydrogens is 352 g/mol. The van der Waals surface area contributed by atoms with Gasteiger partial charge in [-0.3, -0.25) is 9.59 Å². The number of para-hydroxylation sites is 1. The SMILES string of the molecule is CCN(C(=O)C1(C(=O)N2CCc3ccccc32)CC1)C1CCS(=O)(=O)C1. The Labute approximate surface area is 154 Å². The van der Waals surface area contributed by atoms with E-state index in [4.69, 9.17) is 0 Å². The molecule has 0 N–H and O–H groups in total. The molecule has 0 spiro atoms. The molecule has 0 radical (unpaired) electrons. The number of carbonyl (C=O) groups excluding carboxylic acids is 2. The van der Waals surface area contributed by atoms with Crippen molar-refractivity contribution >= 4 is 27.3 Å². The molecule has 2 heterocycles. The Bertz CT molecular complexity index is 860. The lowest BCUT2D eigenvalue weighted by atomic mass is 10.0. The van der Waals surface area contributed by atoms with E-state index >= 15 is 0 Å². The van der Waals surface area contributed by atoms with Crippen LogP contribution in [0, 0.1) is 5.41 Å². The van der Waals surface area contributed by atoms with Crippen molar-refractivity contribution in [2.75, 3.05) is 29.5 Å². The second-order valence-electron chi connectivity index (χ2n) is 7.57. The van der Waals surface area contributed by atoms with Gasteiger partial charge in [-0.2, -0.15) is 0 Å². The molecular formula is C19H24N2O4S. The predicted octanol–water partition coefficient (Wildman–Crippen LogP) is 1.39. The van der Waals surface area contributed by atoms with Gasteiger partial charge >= 0.3 is 0 Å². The summed E-state index contributed by atoms with van der Waals surface area (Å²) in [6.07, 6.45) is 2.39. The van der Waals surface area contributed by atoms with Crippen molar-refractivity contribution in [3.05, 3.63) is 29.8 Å². The third-order valence-corrected chi connectivity index (χ3v) is 7.70. The Morgan fingerprint density at radius 2 is 2.00 bits per heavy atom. The summed E-state index contributed by atoms with van der Waals surface area (Å²) in [5.41, 5.74) is 1.06. The molecule has 1 saturated heterocycles. The fraction of sp³-hybridized carbons (Fsp3) is 0.579. The average Bonchev–Trinajstić information content (AvgIpc) is 3.20. The number of benzene rings is 1. The molecule has 1 aromatic rings. The van der Waals surface area contributed by atoms with Crippen molar-refractivity contribution in [1.82, 2.24) is 4.90 Å². The smallest absolute Gasteiger partial charge is 0.242 e. The van der Waals surface area contributed by atoms with Gasteiger partial charge in [-0.05, 0) is 44.2 Å². The molecule has 2 aliphatic heterocycles. The van der Waals surface area contributed by atoms with Crippen molar-refractivity contribution in [2.24, 2.45) is 5.41 Å². The number of rotatable bonds is 4. The molecule has 140 valence electrons. The number of sulfone groups is 1. The molecule has 1 unspecified atom stereocenters. The highest BCUT2D eigenvalue weighted by Crippen LogP contribution is 2.50. The lowest BCUT2D eigenvalue weighted by Gasteiger charge is -2.32. The number of fused-ring (bicyclic) bond motifs is 1. The zero-order valence-corrected chi connectivity index (χ0v) is 15.8. The fourth-order valence-electron chi connectivity index (χ4n) is 4.32. The van der Waals surface area contributed by atoms with Crippen LogP contribution in [0.25, 0.3) is 0 Å². The van der Waals surface area contributed by atoms with E-state index in [1.54, 1.807) is 9.80 Å². The number of hydrogen-bond acceptors (Lipinski definition) is 4. The topological polar surface area (TPSA) is 74.8 Å². The first-order valence-corrected chi connectivity index (χ1v) is 11.1. The van der Waals surface area contributed by atoms with Gasteiger partial charge in [0.1, 0.15) is 5.41 Å². The van der Waals surface area contributed by atoms with E-state index in [2.05, 4.69) is 0 Å². The molecule has 6 nitrogen and oxygen atoms in total. The Balaban J connectivity index is 1.57. The van der Waals surface area contributed by atoms with Gasteiger partial charge < -0.3 is 9.80 Å². The van der Waals surface area contributed by atoms with Gasteiger partial charge in [0.2, 0.25) is 11.8 Å². The summed E-state index contributed by atoms with van der Waals surface area (Å²) in [5.74, 6) is -0.158. The highest BCUT2D eigenvalue weighted by atomic mass is 32.2. The summed E-state index contributed by atoms with van der Waals surface area (Å²) >= 11 is 0. The van der Waals surface area contributed by atoms with Crippen LogP contribution in [-0.2, 0) is 25.8 Å². The number of anilines is 1. The molecule has 1 aliphatic carbocycles. The summed E-state index contributed by atoms with van der Waals surface area (Å²) in [7, 11) is -3.07. The van der Waals surface area contributed by atoms with Crippen LogP contribution in [0.15, 0.2) is 24.3 Å². The first-order valence-electron chi connectivity index (χ1n) is 9.29. The second-order valence-corrected chi connectivity index (χ2v) is 9.79. The number of hydrogen-bond donors (Lipinski definition) is 0. The number of nitrogens with zero attached hydrogens (tertiary/aromatic N) is 2. The van der Waals surface area contributed by atoms with E-state index in [0.29, 0.717) is 32.4 Å². The molecule has 7 heteroatoms. The number of amides is 2. The quantitative estimate of drug-likeness (QED) is 0.745. The van der Waals surface area contributed by atoms with Crippen LogP contribution in [0.3, 0.4) is 0 Å². The van der Waals surface area contributed by atoms with Gasteiger partial charge in [-0.1, -0.05) is 18.2 Å². The molecule has 0 bridgehead atoms. The second kappa shape index (κ2) is 6.08. The Morgan fingerprint density at radius 3 is 2.62 bits per heavy atom. The standard InChI is InChI=1S/C19H24N2O4S/c1-2-20(15-8-12-26(24,25)13-15)17(22)19(9-10-19)18(23)21-11-7-14-5-3-4-6-16(14)21/h3-6,15H,2,7-13H2,1H3. The maximum atomic E-state index is 13.3. The molecule has 4 rings (SSSR count). The fourth-order valence-corrected chi connectivity index (χ4v) is 6.05. The van der Waals surface area contributed by atoms with Crippen LogP contribution in [-0.4, -0.2) is 55.8 Å². The lowest BCUT2D eigenvalue weighted by molar-refractivity contribution is -0.144. The van der Waals surface area contributed by atoms with Gasteiger partial charge in [0.15, 0.2) is 9.84 Å². The molecule has 1 saturated carbocycles. The monoisotopic (exact) mass is 376 g/mol. The van der Waals surface area contributed by atoms with Crippen LogP contribution >= 0.6 is 0 Å². The van der Waals surface area contributed by atoms with Gasteiger partial charge in [-0.15, -0.1) is 0 Å². The zero-order chi connectivity index (χ0) is 18.5. The van der Waals surface area contributed by atoms with Crippen LogP contribution in [0.2, 0.25) is 0 Å². The van der Waals surface area contributed by atoms with Crippen molar-refractivity contribution in [1.29, 1.82) is 0 Å². The first kappa shape index (κ1) is 17.5. The maximum Gasteiger partial charge on any atom is 0.242 e. The Hall–Kier alpha value is -1.89. The average molecular weight is 376 g/mol. The molecule has 2 amide bonds. The molecule has 26 heavy (non-hydrogen) atoms. The van der Waals surface area contributed by atoms with Crippen LogP contribution in [0.4, 0.5) is 5.69 Å². The summed E-state index contributed by atoms with van der Waals surface area (Å²) < 4.78 is 23.6. The minimum Gasteiger partial charge on any atom is -0.338 e. The van der Waals surface area contributed by atoms with E-state index < -0.39 is 15.3 Å². The van der Waals surface area contributed by atoms with E-state index in [9.17, 15) is 18.0 Å². The van der Waals surface area contributed by atoms with Crippen LogP contribution in [0.1, 0.15) is 31.7 Å². The van der Waals surface area contributed by atoms with E-state index in [1.165, 1.54) is 0 Å². The largest absolute Gasteiger partial charge is 0.338 e. The van der Waals surface area contributed by atoms with Crippen molar-refractivity contribution < 1.29 is 18.0 Å². The highest BCUT2D eigenvalue weighted by Gasteiger charge is 2.60. The minimum absolute atomic E-state index is 0.0173. The van der Waals surface area contributed by atoms with Crippen molar-refractivity contribution in [3.63, 3.8) is 0 Å². The minimum atomic E-state index is -3.07. The summed E-state index contributed by atoms with van der Waals surface area (Å²) in [5, 5.41) is 0. The first-order chi connectivity index (χ1) is 12.4. The summed E-state index contributed by atoms with van der Waals surface area (Å²) in [6.45, 7) is 2.90. The zero-order valence-electron chi connectivity index (χ0n) is 15.0. The molecule has 0 aromatic heterocycles. The van der Waals surface area contributed by atoms with E-state index in [-0.39, 0.29) is 29.4 Å². The Morgan fingerprint density at radius 1 is 1.27 bits per heavy atom.